The van der Waals surface area contributed by atoms with Gasteiger partial charge in [-0.15, -0.1) is 11.3 Å². The largest absolute Gasteiger partial charge is 0.464 e. The molecule has 1 N–H and O–H groups in total. The third-order valence-electron chi connectivity index (χ3n) is 3.89. The normalized spacial score (nSPS) is 15.2. The quantitative estimate of drug-likeness (QED) is 0.819. The summed E-state index contributed by atoms with van der Waals surface area (Å²) in [4.78, 5) is 29.6. The Morgan fingerprint density at radius 2 is 2.04 bits per heavy atom. The maximum absolute atomic E-state index is 12.1. The van der Waals surface area contributed by atoms with Crippen LogP contribution >= 0.6 is 11.3 Å². The van der Waals surface area contributed by atoms with Crippen LogP contribution in [0.1, 0.15) is 42.6 Å². The average Bonchev–Trinajstić information content (AvgIpc) is 3.11. The molecular formula is C18H22N2O4S. The first-order valence-corrected chi connectivity index (χ1v) is 8.96. The summed E-state index contributed by atoms with van der Waals surface area (Å²) in [6.07, 6.45) is 2.58. The summed E-state index contributed by atoms with van der Waals surface area (Å²) in [6.45, 7) is 6.79. The minimum Gasteiger partial charge on any atom is -0.464 e. The van der Waals surface area contributed by atoms with E-state index in [0.29, 0.717) is 18.8 Å². The number of carbonyl (C=O) groups is 2. The molecule has 1 amide bonds. The molecule has 6 nitrogen and oxygen atoms in total. The maximum Gasteiger partial charge on any atom is 0.410 e. The molecule has 3 rings (SSSR count). The van der Waals surface area contributed by atoms with Crippen LogP contribution in [-0.4, -0.2) is 47.7 Å². The number of rotatable bonds is 2. The van der Waals surface area contributed by atoms with E-state index in [-0.39, 0.29) is 12.1 Å². The number of nitrogens with zero attached hydrogens (tertiary/aromatic N) is 1. The highest BCUT2D eigenvalue weighted by Gasteiger charge is 2.24. The molecule has 0 saturated carbocycles. The Morgan fingerprint density at radius 1 is 1.28 bits per heavy atom. The van der Waals surface area contributed by atoms with E-state index in [1.165, 1.54) is 12.7 Å². The third kappa shape index (κ3) is 3.87. The molecule has 0 radical (unpaired) electrons. The average molecular weight is 362 g/mol. The molecule has 0 aliphatic carbocycles. The number of thiophene rings is 1. The van der Waals surface area contributed by atoms with Crippen LogP contribution in [0.3, 0.4) is 0 Å². The van der Waals surface area contributed by atoms with Crippen molar-refractivity contribution in [3.63, 3.8) is 0 Å². The molecule has 2 aromatic heterocycles. The number of H-pyrrole nitrogens is 1. The van der Waals surface area contributed by atoms with Gasteiger partial charge in [0, 0.05) is 18.0 Å². The number of methoxy groups -OCH3 is 1. The fourth-order valence-electron chi connectivity index (χ4n) is 2.69. The van der Waals surface area contributed by atoms with Gasteiger partial charge >= 0.3 is 12.1 Å². The van der Waals surface area contributed by atoms with Crippen LogP contribution in [0.2, 0.25) is 0 Å². The van der Waals surface area contributed by atoms with Crippen molar-refractivity contribution in [2.45, 2.75) is 32.8 Å². The first kappa shape index (κ1) is 17.5. The van der Waals surface area contributed by atoms with Gasteiger partial charge in [0.05, 0.1) is 17.3 Å². The fourth-order valence-corrected chi connectivity index (χ4v) is 3.81. The highest BCUT2D eigenvalue weighted by molar-refractivity contribution is 7.20. The molecule has 134 valence electrons. The Kier molecular flexibility index (Phi) is 4.60. The van der Waals surface area contributed by atoms with Crippen molar-refractivity contribution in [1.29, 1.82) is 0 Å². The van der Waals surface area contributed by atoms with E-state index in [1.54, 1.807) is 16.2 Å². The topological polar surface area (TPSA) is 71.6 Å². The summed E-state index contributed by atoms with van der Waals surface area (Å²) >= 11 is 1.63. The molecule has 0 unspecified atom stereocenters. The molecule has 2 aromatic rings. The van der Waals surface area contributed by atoms with Crippen LogP contribution in [0.15, 0.2) is 18.2 Å². The van der Waals surface area contributed by atoms with Crippen LogP contribution in [0.4, 0.5) is 4.79 Å². The van der Waals surface area contributed by atoms with Gasteiger partial charge in [-0.1, -0.05) is 6.08 Å². The Labute approximate surface area is 150 Å². The molecule has 7 heteroatoms. The van der Waals surface area contributed by atoms with Gasteiger partial charge < -0.3 is 19.4 Å². The summed E-state index contributed by atoms with van der Waals surface area (Å²) in [5.74, 6) is -0.366. The zero-order valence-electron chi connectivity index (χ0n) is 14.8. The molecule has 0 spiro atoms. The van der Waals surface area contributed by atoms with Crippen molar-refractivity contribution in [3.05, 3.63) is 28.8 Å². The first-order chi connectivity index (χ1) is 11.8. The van der Waals surface area contributed by atoms with E-state index in [0.717, 1.165) is 21.5 Å². The van der Waals surface area contributed by atoms with Crippen molar-refractivity contribution in [1.82, 2.24) is 9.88 Å². The first-order valence-electron chi connectivity index (χ1n) is 8.15. The lowest BCUT2D eigenvalue weighted by Crippen LogP contribution is -2.39. The Balaban J connectivity index is 1.71. The summed E-state index contributed by atoms with van der Waals surface area (Å²) < 4.78 is 11.2. The maximum atomic E-state index is 12.1. The fraction of sp³-hybridized carbons (Fsp3) is 0.444. The standard InChI is InChI=1S/C18H22N2O4S/c1-18(2,3)24-17(22)20-7-5-11(6-8-20)14-9-12-15(25-14)10-13(19-12)16(21)23-4/h5,9-10,19H,6-8H2,1-4H3. The number of aromatic nitrogens is 1. The molecule has 0 aromatic carbocycles. The van der Waals surface area contributed by atoms with Gasteiger partial charge in [-0.25, -0.2) is 9.59 Å². The highest BCUT2D eigenvalue weighted by Crippen LogP contribution is 2.34. The van der Waals surface area contributed by atoms with E-state index in [4.69, 9.17) is 9.47 Å². The molecule has 0 atom stereocenters. The highest BCUT2D eigenvalue weighted by atomic mass is 32.1. The smallest absolute Gasteiger partial charge is 0.410 e. The van der Waals surface area contributed by atoms with Gasteiger partial charge in [-0.05, 0) is 44.9 Å². The zero-order valence-corrected chi connectivity index (χ0v) is 15.7. The number of carbonyl (C=O) groups excluding carboxylic acids is 2. The Morgan fingerprint density at radius 3 is 2.60 bits per heavy atom. The predicted molar refractivity (Wildman–Crippen MR) is 97.9 cm³/mol. The van der Waals surface area contributed by atoms with E-state index in [9.17, 15) is 9.59 Å². The lowest BCUT2D eigenvalue weighted by molar-refractivity contribution is 0.0270. The summed E-state index contributed by atoms with van der Waals surface area (Å²) in [7, 11) is 1.37. The number of amides is 1. The minimum absolute atomic E-state index is 0.274. The van der Waals surface area contributed by atoms with E-state index in [2.05, 4.69) is 11.1 Å². The van der Waals surface area contributed by atoms with Gasteiger partial charge in [-0.2, -0.15) is 0 Å². The number of hydrogen-bond acceptors (Lipinski definition) is 5. The van der Waals surface area contributed by atoms with Crippen LogP contribution in [0.5, 0.6) is 0 Å². The molecule has 0 fully saturated rings. The van der Waals surface area contributed by atoms with Crippen molar-refractivity contribution in [3.8, 4) is 0 Å². The third-order valence-corrected chi connectivity index (χ3v) is 5.05. The van der Waals surface area contributed by atoms with E-state index in [1.807, 2.05) is 32.9 Å². The minimum atomic E-state index is -0.481. The molecule has 1 aliphatic rings. The lowest BCUT2D eigenvalue weighted by Gasteiger charge is -2.29. The summed E-state index contributed by atoms with van der Waals surface area (Å²) in [5.41, 5.74) is 2.12. The summed E-state index contributed by atoms with van der Waals surface area (Å²) in [5, 5.41) is 0. The van der Waals surface area contributed by atoms with Crippen LogP contribution in [0.25, 0.3) is 15.8 Å². The van der Waals surface area contributed by atoms with Crippen molar-refractivity contribution in [2.24, 2.45) is 0 Å². The Hall–Kier alpha value is -2.28. The van der Waals surface area contributed by atoms with Gasteiger partial charge in [0.25, 0.3) is 0 Å². The van der Waals surface area contributed by atoms with Gasteiger partial charge in [0.2, 0.25) is 0 Å². The molecular weight excluding hydrogens is 340 g/mol. The van der Waals surface area contributed by atoms with E-state index < -0.39 is 5.60 Å². The second-order valence-corrected chi connectivity index (χ2v) is 8.05. The number of aromatic amines is 1. The lowest BCUT2D eigenvalue weighted by atomic mass is 10.1. The molecule has 0 bridgehead atoms. The van der Waals surface area contributed by atoms with Gasteiger partial charge in [0.15, 0.2) is 0 Å². The van der Waals surface area contributed by atoms with Crippen LogP contribution in [-0.2, 0) is 9.47 Å². The van der Waals surface area contributed by atoms with Gasteiger partial charge in [0.1, 0.15) is 11.3 Å². The van der Waals surface area contributed by atoms with Crippen molar-refractivity contribution >= 4 is 39.2 Å². The molecule has 25 heavy (non-hydrogen) atoms. The number of ether oxygens (including phenoxy) is 2. The second-order valence-electron chi connectivity index (χ2n) is 6.97. The van der Waals surface area contributed by atoms with Crippen LogP contribution < -0.4 is 0 Å². The zero-order chi connectivity index (χ0) is 18.2. The Bertz CT molecular complexity index is 809. The van der Waals surface area contributed by atoms with E-state index >= 15 is 0 Å². The molecule has 0 saturated heterocycles. The number of hydrogen-bond donors (Lipinski definition) is 1. The number of esters is 1. The van der Waals surface area contributed by atoms with Crippen molar-refractivity contribution < 1.29 is 19.1 Å². The molecule has 3 heterocycles. The monoisotopic (exact) mass is 362 g/mol. The predicted octanol–water partition coefficient (Wildman–Crippen LogP) is 4.04. The second kappa shape index (κ2) is 6.55. The number of fused-ring (bicyclic) bond motifs is 1. The summed E-state index contributed by atoms with van der Waals surface area (Å²) in [6, 6.07) is 3.85. The molecule has 1 aliphatic heterocycles. The SMILES string of the molecule is COC(=O)c1cc2sc(C3=CCN(C(=O)OC(C)(C)C)CC3)cc2[nH]1. The number of nitrogens with one attached hydrogen (secondary N) is 1. The van der Waals surface area contributed by atoms with Crippen LogP contribution in [0, 0.1) is 0 Å². The van der Waals surface area contributed by atoms with Gasteiger partial charge in [-0.3, -0.25) is 0 Å². The van der Waals surface area contributed by atoms with Crippen molar-refractivity contribution in [2.75, 3.05) is 20.2 Å².